The first-order valence-corrected chi connectivity index (χ1v) is 10.3. The molecule has 7 heteroatoms. The first kappa shape index (κ1) is 20.9. The molecular weight excluding hydrogens is 366 g/mol. The molecule has 0 saturated heterocycles. The Balaban J connectivity index is 2.21. The number of rotatable bonds is 6. The van der Waals surface area contributed by atoms with Crippen molar-refractivity contribution in [3.8, 4) is 0 Å². The normalized spacial score (nSPS) is 20.6. The van der Waals surface area contributed by atoms with Gasteiger partial charge in [-0.2, -0.15) is 0 Å². The fraction of sp³-hybridized carbons (Fsp3) is 0.500. The Morgan fingerprint density at radius 1 is 1.28 bits per heavy atom. The number of nitrogens with zero attached hydrogens (tertiary/aromatic N) is 1. The Labute approximate surface area is 171 Å². The number of nitrogens with one attached hydrogen (secondary N) is 2. The number of nitrogens with two attached hydrogens (primary N) is 2. The Bertz CT molecular complexity index is 935. The van der Waals surface area contributed by atoms with Crippen molar-refractivity contribution < 1.29 is 4.79 Å². The number of nitrogen functional groups attached to an aromatic ring is 1. The van der Waals surface area contributed by atoms with Gasteiger partial charge in [-0.3, -0.25) is 14.6 Å². The minimum absolute atomic E-state index is 0.176. The average molecular weight is 398 g/mol. The average Bonchev–Trinajstić information content (AvgIpc) is 2.69. The highest BCUT2D eigenvalue weighted by Crippen LogP contribution is 2.37. The Kier molecular flexibility index (Phi) is 6.25. The molecule has 0 aromatic carbocycles. The number of amidine groups is 1. The molecule has 2 aliphatic rings. The Hall–Kier alpha value is -2.83. The van der Waals surface area contributed by atoms with E-state index in [1.165, 1.54) is 19.3 Å². The molecule has 0 bridgehead atoms. The molecule has 1 amide bonds. The first-order valence-electron chi connectivity index (χ1n) is 10.3. The van der Waals surface area contributed by atoms with E-state index in [0.29, 0.717) is 36.0 Å². The van der Waals surface area contributed by atoms with E-state index >= 15 is 0 Å². The second kappa shape index (κ2) is 8.68. The highest BCUT2D eigenvalue weighted by atomic mass is 16.1. The van der Waals surface area contributed by atoms with E-state index in [1.807, 2.05) is 13.8 Å². The predicted molar refractivity (Wildman–Crippen MR) is 118 cm³/mol. The van der Waals surface area contributed by atoms with Gasteiger partial charge in [0.05, 0.1) is 6.04 Å². The summed E-state index contributed by atoms with van der Waals surface area (Å²) in [7, 11) is 0. The van der Waals surface area contributed by atoms with Crippen molar-refractivity contribution in [2.75, 3.05) is 12.3 Å². The number of anilines is 1. The maximum Gasteiger partial charge on any atom is 0.271 e. The van der Waals surface area contributed by atoms with Crippen LogP contribution < -0.4 is 22.3 Å². The standard InChI is InChI=1S/C22H31N5O2/c1-12-13(2)26-21(24)19(17(12)10-25-11-28)18-14(3)27-22(29)20(23)16(18)9-15-7-5-4-6-8-15/h11,13,15H,1,4-10,23H2,2-3H3,(H2,24,26)(H,25,28)(H,27,29). The minimum Gasteiger partial charge on any atom is -0.394 e. The topological polar surface area (TPSA) is 126 Å². The van der Waals surface area contributed by atoms with Crippen LogP contribution in [0.2, 0.25) is 0 Å². The molecule has 1 unspecified atom stereocenters. The van der Waals surface area contributed by atoms with Crippen molar-refractivity contribution in [2.24, 2.45) is 16.6 Å². The number of aryl methyl sites for hydroxylation is 1. The van der Waals surface area contributed by atoms with Crippen molar-refractivity contribution in [3.05, 3.63) is 44.9 Å². The molecule has 1 aliphatic carbocycles. The maximum atomic E-state index is 12.5. The van der Waals surface area contributed by atoms with Crippen molar-refractivity contribution >= 4 is 23.5 Å². The van der Waals surface area contributed by atoms with E-state index in [2.05, 4.69) is 21.9 Å². The molecule has 0 radical (unpaired) electrons. The number of aromatic nitrogens is 1. The molecule has 6 N–H and O–H groups in total. The van der Waals surface area contributed by atoms with Crippen molar-refractivity contribution in [1.82, 2.24) is 10.3 Å². The first-order chi connectivity index (χ1) is 13.8. The molecule has 3 rings (SSSR count). The van der Waals surface area contributed by atoms with Gasteiger partial charge in [-0.1, -0.05) is 38.7 Å². The molecule has 1 atom stereocenters. The van der Waals surface area contributed by atoms with E-state index in [4.69, 9.17) is 11.5 Å². The third-order valence-electron chi connectivity index (χ3n) is 6.16. The lowest BCUT2D eigenvalue weighted by atomic mass is 9.80. The molecule has 1 aliphatic heterocycles. The third-order valence-corrected chi connectivity index (χ3v) is 6.16. The predicted octanol–water partition coefficient (Wildman–Crippen LogP) is 2.20. The number of aromatic amines is 1. The molecule has 2 heterocycles. The van der Waals surface area contributed by atoms with Gasteiger partial charge in [0, 0.05) is 23.4 Å². The van der Waals surface area contributed by atoms with E-state index < -0.39 is 0 Å². The van der Waals surface area contributed by atoms with Crippen molar-refractivity contribution in [1.29, 1.82) is 0 Å². The SMILES string of the molecule is C=C1C(CNC=O)=C(c2c(C)[nH]c(=O)c(N)c2CC2CCCCC2)C(N)=NC1C. The largest absolute Gasteiger partial charge is 0.394 e. The molecule has 1 saturated carbocycles. The van der Waals surface area contributed by atoms with Gasteiger partial charge in [-0.05, 0) is 42.9 Å². The zero-order chi connectivity index (χ0) is 21.1. The van der Waals surface area contributed by atoms with Crippen molar-refractivity contribution in [3.63, 3.8) is 0 Å². The number of hydrogen-bond acceptors (Lipinski definition) is 5. The Morgan fingerprint density at radius 3 is 2.62 bits per heavy atom. The number of aliphatic imine (C=N–C) groups is 1. The quantitative estimate of drug-likeness (QED) is 0.549. The Morgan fingerprint density at radius 2 is 1.97 bits per heavy atom. The summed E-state index contributed by atoms with van der Waals surface area (Å²) in [6, 6.07) is -0.176. The summed E-state index contributed by atoms with van der Waals surface area (Å²) in [4.78, 5) is 30.8. The molecule has 7 nitrogen and oxygen atoms in total. The number of amides is 1. The zero-order valence-corrected chi connectivity index (χ0v) is 17.3. The molecule has 1 fully saturated rings. The van der Waals surface area contributed by atoms with Gasteiger partial charge in [-0.25, -0.2) is 0 Å². The zero-order valence-electron chi connectivity index (χ0n) is 17.3. The monoisotopic (exact) mass is 397 g/mol. The van der Waals surface area contributed by atoms with Gasteiger partial charge in [0.25, 0.3) is 5.56 Å². The lowest BCUT2D eigenvalue weighted by Gasteiger charge is -2.29. The number of hydrogen-bond donors (Lipinski definition) is 4. The van der Waals surface area contributed by atoms with E-state index in [1.54, 1.807) is 0 Å². The lowest BCUT2D eigenvalue weighted by Crippen LogP contribution is -2.31. The summed E-state index contributed by atoms with van der Waals surface area (Å²) >= 11 is 0. The smallest absolute Gasteiger partial charge is 0.271 e. The van der Waals surface area contributed by atoms with Gasteiger partial charge in [0.2, 0.25) is 6.41 Å². The highest BCUT2D eigenvalue weighted by molar-refractivity contribution is 6.25. The van der Waals surface area contributed by atoms with Gasteiger partial charge in [0.1, 0.15) is 11.5 Å². The summed E-state index contributed by atoms with van der Waals surface area (Å²) in [5, 5.41) is 2.72. The summed E-state index contributed by atoms with van der Waals surface area (Å²) in [5.74, 6) is 0.874. The van der Waals surface area contributed by atoms with Crippen molar-refractivity contribution in [2.45, 2.75) is 58.4 Å². The van der Waals surface area contributed by atoms with Gasteiger partial charge >= 0.3 is 0 Å². The molecule has 156 valence electrons. The van der Waals surface area contributed by atoms with Gasteiger partial charge in [-0.15, -0.1) is 0 Å². The van der Waals surface area contributed by atoms with Gasteiger partial charge < -0.3 is 21.8 Å². The van der Waals surface area contributed by atoms with Gasteiger partial charge in [0.15, 0.2) is 0 Å². The summed E-state index contributed by atoms with van der Waals surface area (Å²) in [5.41, 5.74) is 17.3. The van der Waals surface area contributed by atoms with Crippen LogP contribution >= 0.6 is 0 Å². The van der Waals surface area contributed by atoms with E-state index in [-0.39, 0.29) is 17.3 Å². The second-order valence-corrected chi connectivity index (χ2v) is 8.12. The summed E-state index contributed by atoms with van der Waals surface area (Å²) in [6.07, 6.45) is 7.33. The van der Waals surface area contributed by atoms with Crippen LogP contribution in [-0.4, -0.2) is 29.8 Å². The van der Waals surface area contributed by atoms with Crippen LogP contribution in [0.1, 0.15) is 55.8 Å². The molecule has 29 heavy (non-hydrogen) atoms. The highest BCUT2D eigenvalue weighted by Gasteiger charge is 2.29. The molecule has 0 spiro atoms. The number of carbonyl (C=O) groups is 1. The molecular formula is C22H31N5O2. The van der Waals surface area contributed by atoms with Crippen LogP contribution in [0.15, 0.2) is 27.5 Å². The van der Waals surface area contributed by atoms with Crippen LogP contribution in [0, 0.1) is 12.8 Å². The molecule has 1 aromatic heterocycles. The summed E-state index contributed by atoms with van der Waals surface area (Å²) in [6.45, 7) is 8.24. The minimum atomic E-state index is -0.274. The van der Waals surface area contributed by atoms with Crippen LogP contribution in [-0.2, 0) is 11.2 Å². The molecule has 1 aromatic rings. The van der Waals surface area contributed by atoms with E-state index in [9.17, 15) is 9.59 Å². The number of carbonyl (C=O) groups excluding carboxylic acids is 1. The van der Waals surface area contributed by atoms with Crippen LogP contribution in [0.4, 0.5) is 5.69 Å². The number of dihydropyridines is 1. The fourth-order valence-corrected chi connectivity index (χ4v) is 4.57. The number of pyridine rings is 1. The van der Waals surface area contributed by atoms with E-state index in [0.717, 1.165) is 41.5 Å². The fourth-order valence-electron chi connectivity index (χ4n) is 4.57. The maximum absolute atomic E-state index is 12.5. The lowest BCUT2D eigenvalue weighted by molar-refractivity contribution is -0.109. The van der Waals surface area contributed by atoms with Crippen LogP contribution in [0.5, 0.6) is 0 Å². The summed E-state index contributed by atoms with van der Waals surface area (Å²) < 4.78 is 0. The van der Waals surface area contributed by atoms with Crippen LogP contribution in [0.25, 0.3) is 5.57 Å². The second-order valence-electron chi connectivity index (χ2n) is 8.12. The van der Waals surface area contributed by atoms with Crippen LogP contribution in [0.3, 0.4) is 0 Å². The third kappa shape index (κ3) is 4.13. The number of H-pyrrole nitrogens is 1.